The van der Waals surface area contributed by atoms with Gasteiger partial charge in [-0.1, -0.05) is 146 Å². The zero-order valence-electron chi connectivity index (χ0n) is 21.3. The van der Waals surface area contributed by atoms with Crippen LogP contribution in [0.25, 0.3) is 22.3 Å². The lowest BCUT2D eigenvalue weighted by atomic mass is 9.85. The van der Waals surface area contributed by atoms with Gasteiger partial charge in [0.05, 0.1) is 0 Å². The minimum absolute atomic E-state index is 1.10. The Hall–Kier alpha value is -4.07. The second kappa shape index (κ2) is 11.3. The summed E-state index contributed by atoms with van der Waals surface area (Å²) >= 11 is 1.74. The minimum Gasteiger partial charge on any atom is -0.0952 e. The van der Waals surface area contributed by atoms with Gasteiger partial charge in [0.15, 0.2) is 0 Å². The molecule has 37 heavy (non-hydrogen) atoms. The van der Waals surface area contributed by atoms with E-state index in [9.17, 15) is 0 Å². The van der Waals surface area contributed by atoms with Crippen molar-refractivity contribution in [1.29, 1.82) is 0 Å². The summed E-state index contributed by atoms with van der Waals surface area (Å²) in [5.74, 6) is 0. The van der Waals surface area contributed by atoms with Crippen LogP contribution in [0.15, 0.2) is 150 Å². The van der Waals surface area contributed by atoms with Crippen molar-refractivity contribution in [2.24, 2.45) is 0 Å². The molecule has 0 atom stereocenters. The summed E-state index contributed by atoms with van der Waals surface area (Å²) in [6.07, 6.45) is 0. The molecular weight excluding hydrogens is 464 g/mol. The van der Waals surface area contributed by atoms with E-state index in [1.54, 1.807) is 11.8 Å². The molecule has 0 saturated heterocycles. The minimum atomic E-state index is 1.10. The summed E-state index contributed by atoms with van der Waals surface area (Å²) in [4.78, 5) is 2.36. The lowest BCUT2D eigenvalue weighted by molar-refractivity contribution is 1.30. The fourth-order valence-electron chi connectivity index (χ4n) is 4.63. The molecule has 0 nitrogen and oxygen atoms in total. The Bertz CT molecular complexity index is 1490. The molecule has 0 N–H and O–H groups in total. The molecule has 0 spiro atoms. The van der Waals surface area contributed by atoms with Crippen LogP contribution < -0.4 is 0 Å². The maximum absolute atomic E-state index is 4.08. The molecule has 5 aromatic carbocycles. The lowest BCUT2D eigenvalue weighted by Gasteiger charge is -2.18. The highest BCUT2D eigenvalue weighted by Crippen LogP contribution is 2.38. The number of allylic oxidation sites excluding steroid dienone is 1. The first-order valence-corrected chi connectivity index (χ1v) is 13.4. The maximum atomic E-state index is 4.08. The average Bonchev–Trinajstić information content (AvgIpc) is 2.94. The highest BCUT2D eigenvalue weighted by molar-refractivity contribution is 8.03. The second-order valence-corrected chi connectivity index (χ2v) is 10.6. The van der Waals surface area contributed by atoms with E-state index in [0.717, 1.165) is 4.91 Å². The van der Waals surface area contributed by atoms with Gasteiger partial charge in [0, 0.05) is 4.90 Å². The molecular formula is C36H30S. The topological polar surface area (TPSA) is 0 Å². The van der Waals surface area contributed by atoms with Gasteiger partial charge < -0.3 is 0 Å². The van der Waals surface area contributed by atoms with Crippen molar-refractivity contribution >= 4 is 22.9 Å². The molecule has 0 aliphatic carbocycles. The molecule has 1 heteroatoms. The molecule has 0 heterocycles. The van der Waals surface area contributed by atoms with E-state index in [2.05, 4.69) is 154 Å². The van der Waals surface area contributed by atoms with Crippen molar-refractivity contribution in [3.05, 3.63) is 173 Å². The third-order valence-electron chi connectivity index (χ3n) is 6.42. The van der Waals surface area contributed by atoms with Crippen molar-refractivity contribution in [2.75, 3.05) is 0 Å². The highest BCUT2D eigenvalue weighted by Gasteiger charge is 2.16. The maximum Gasteiger partial charge on any atom is 0.0154 e. The van der Waals surface area contributed by atoms with E-state index < -0.39 is 0 Å². The number of hydrogen-bond acceptors (Lipinski definition) is 1. The first kappa shape index (κ1) is 24.6. The largest absolute Gasteiger partial charge is 0.0952 e. The van der Waals surface area contributed by atoms with Crippen molar-refractivity contribution in [1.82, 2.24) is 0 Å². The van der Waals surface area contributed by atoms with E-state index in [0.29, 0.717) is 0 Å². The Labute approximate surface area is 225 Å². The van der Waals surface area contributed by atoms with Gasteiger partial charge in [0.2, 0.25) is 0 Å². The molecule has 0 aliphatic rings. The number of thioether (sulfide) groups is 1. The van der Waals surface area contributed by atoms with Gasteiger partial charge in [-0.15, -0.1) is 0 Å². The van der Waals surface area contributed by atoms with E-state index in [1.165, 1.54) is 55.0 Å². The number of hydrogen-bond donors (Lipinski definition) is 0. The Morgan fingerprint density at radius 1 is 0.514 bits per heavy atom. The average molecular weight is 495 g/mol. The van der Waals surface area contributed by atoms with Gasteiger partial charge in [0.1, 0.15) is 0 Å². The van der Waals surface area contributed by atoms with Crippen molar-refractivity contribution in [2.45, 2.75) is 18.7 Å². The zero-order chi connectivity index (χ0) is 25.6. The molecule has 0 bridgehead atoms. The van der Waals surface area contributed by atoms with Gasteiger partial charge >= 0.3 is 0 Å². The Kier molecular flexibility index (Phi) is 7.54. The quantitative estimate of drug-likeness (QED) is 0.160. The van der Waals surface area contributed by atoms with Gasteiger partial charge in [-0.25, -0.2) is 0 Å². The van der Waals surface area contributed by atoms with Gasteiger partial charge in [-0.2, -0.15) is 0 Å². The van der Waals surface area contributed by atoms with E-state index in [-0.39, 0.29) is 0 Å². The van der Waals surface area contributed by atoms with Crippen LogP contribution >= 0.6 is 11.8 Å². The lowest BCUT2D eigenvalue weighted by Crippen LogP contribution is -1.97. The number of benzene rings is 5. The summed E-state index contributed by atoms with van der Waals surface area (Å²) in [5, 5.41) is 0. The van der Waals surface area contributed by atoms with Crippen LogP contribution in [0.3, 0.4) is 0 Å². The van der Waals surface area contributed by atoms with Crippen LogP contribution in [0.5, 0.6) is 0 Å². The standard InChI is InChI=1S/C36H30S/c1-26(2)37-34-25-33(20-19-27(34)3)28-21-23-32(24-22-28)36(31-17-11-6-12-18-31)35(29-13-7-4-8-14-29)30-15-9-5-10-16-30/h4-25H,1H2,2-3H3. The van der Waals surface area contributed by atoms with Crippen LogP contribution in [0.4, 0.5) is 0 Å². The summed E-state index contributed by atoms with van der Waals surface area (Å²) in [6, 6.07) is 47.8. The Morgan fingerprint density at radius 2 is 0.919 bits per heavy atom. The van der Waals surface area contributed by atoms with Crippen molar-refractivity contribution in [3.63, 3.8) is 0 Å². The number of aryl methyl sites for hydroxylation is 1. The molecule has 0 saturated carbocycles. The van der Waals surface area contributed by atoms with Gasteiger partial charge in [0.25, 0.3) is 0 Å². The monoisotopic (exact) mass is 494 g/mol. The van der Waals surface area contributed by atoms with E-state index in [4.69, 9.17) is 0 Å². The van der Waals surface area contributed by atoms with E-state index in [1.807, 2.05) is 0 Å². The fourth-order valence-corrected chi connectivity index (χ4v) is 5.42. The van der Waals surface area contributed by atoms with Crippen LogP contribution in [0.1, 0.15) is 34.7 Å². The summed E-state index contributed by atoms with van der Waals surface area (Å²) in [5.41, 5.74) is 11.0. The smallest absolute Gasteiger partial charge is 0.0154 e. The zero-order valence-corrected chi connectivity index (χ0v) is 22.1. The Balaban J connectivity index is 1.68. The molecule has 0 aliphatic heterocycles. The van der Waals surface area contributed by atoms with E-state index >= 15 is 0 Å². The predicted molar refractivity (Wildman–Crippen MR) is 162 cm³/mol. The normalized spacial score (nSPS) is 10.6. The van der Waals surface area contributed by atoms with Gasteiger partial charge in [-0.05, 0) is 74.9 Å². The SMILES string of the molecule is C=C(C)Sc1cc(-c2ccc(C(=C(c3ccccc3)c3ccccc3)c3ccccc3)cc2)ccc1C. The van der Waals surface area contributed by atoms with Crippen LogP contribution in [0, 0.1) is 6.92 Å². The summed E-state index contributed by atoms with van der Waals surface area (Å²) in [6.45, 7) is 8.29. The first-order valence-electron chi connectivity index (χ1n) is 12.6. The predicted octanol–water partition coefficient (Wildman–Crippen LogP) is 10.3. The molecule has 0 amide bonds. The molecule has 0 radical (unpaired) electrons. The molecule has 0 fully saturated rings. The molecule has 5 aromatic rings. The van der Waals surface area contributed by atoms with Crippen molar-refractivity contribution < 1.29 is 0 Å². The number of rotatable bonds is 7. The fraction of sp³-hybridized carbons (Fsp3) is 0.0556. The van der Waals surface area contributed by atoms with Crippen LogP contribution in [0.2, 0.25) is 0 Å². The molecule has 5 rings (SSSR count). The van der Waals surface area contributed by atoms with Crippen molar-refractivity contribution in [3.8, 4) is 11.1 Å². The van der Waals surface area contributed by atoms with Crippen LogP contribution in [-0.2, 0) is 0 Å². The van der Waals surface area contributed by atoms with Crippen LogP contribution in [-0.4, -0.2) is 0 Å². The molecule has 0 unspecified atom stereocenters. The summed E-state index contributed by atoms with van der Waals surface area (Å²) in [7, 11) is 0. The Morgan fingerprint density at radius 3 is 1.35 bits per heavy atom. The highest BCUT2D eigenvalue weighted by atomic mass is 32.2. The molecule has 180 valence electrons. The summed E-state index contributed by atoms with van der Waals surface area (Å²) < 4.78 is 0. The third kappa shape index (κ3) is 5.69. The molecule has 0 aromatic heterocycles. The second-order valence-electron chi connectivity index (χ2n) is 9.21. The van der Waals surface area contributed by atoms with Gasteiger partial charge in [-0.3, -0.25) is 0 Å². The third-order valence-corrected chi connectivity index (χ3v) is 7.42. The first-order chi connectivity index (χ1) is 18.1.